The predicted molar refractivity (Wildman–Crippen MR) is 282 cm³/mol. The molecular weight excluding hydrogens is 820 g/mol. The maximum absolute atomic E-state index is 6.87. The molecule has 1 atom stereocenters. The summed E-state index contributed by atoms with van der Waals surface area (Å²) in [5.74, 6) is 0. The van der Waals surface area contributed by atoms with E-state index in [9.17, 15) is 0 Å². The normalized spacial score (nSPS) is 16.9. The molecule has 1 nitrogen and oxygen atoms in total. The Kier molecular flexibility index (Phi) is 11.0. The Labute approximate surface area is 398 Å². The first-order valence-electron chi connectivity index (χ1n) is 25.4. The van der Waals surface area contributed by atoms with Gasteiger partial charge in [-0.1, -0.05) is 209 Å². The van der Waals surface area contributed by atoms with Gasteiger partial charge in [0.05, 0.1) is 0 Å². The van der Waals surface area contributed by atoms with Crippen LogP contribution < -0.4 is 0 Å². The Balaban J connectivity index is 0.980. The quantitative estimate of drug-likeness (QED) is 0.0935. The number of para-hydroxylation sites is 1. The van der Waals surface area contributed by atoms with Gasteiger partial charge in [-0.15, -0.1) is 0 Å². The first-order chi connectivity index (χ1) is 32.1. The molecule has 1 unspecified atom stereocenters. The van der Waals surface area contributed by atoms with Crippen molar-refractivity contribution in [2.45, 2.75) is 141 Å². The van der Waals surface area contributed by atoms with Crippen LogP contribution in [0, 0.1) is 0 Å². The number of hydrogen-bond donors (Lipinski definition) is 0. The monoisotopic (exact) mass is 884 g/mol. The number of benzene rings is 7. The van der Waals surface area contributed by atoms with E-state index in [1.807, 2.05) is 6.07 Å². The lowest BCUT2D eigenvalue weighted by atomic mass is 9.70. The molecule has 11 rings (SSSR count). The van der Waals surface area contributed by atoms with Crippen molar-refractivity contribution in [2.24, 2.45) is 0 Å². The fourth-order valence-electron chi connectivity index (χ4n) is 12.9. The second-order valence-electron chi connectivity index (χ2n) is 21.2. The van der Waals surface area contributed by atoms with Gasteiger partial charge in [-0.25, -0.2) is 0 Å². The van der Waals surface area contributed by atoms with Crippen molar-refractivity contribution in [1.82, 2.24) is 0 Å². The van der Waals surface area contributed by atoms with Crippen molar-refractivity contribution in [3.05, 3.63) is 166 Å². The van der Waals surface area contributed by atoms with Crippen LogP contribution in [0.1, 0.15) is 158 Å². The minimum Gasteiger partial charge on any atom is -0.455 e. The highest BCUT2D eigenvalue weighted by atomic mass is 35.5. The Morgan fingerprint density at radius 3 is 1.64 bits per heavy atom. The molecule has 7 aromatic carbocycles. The van der Waals surface area contributed by atoms with Crippen LogP contribution in [0.25, 0.3) is 77.6 Å². The molecule has 0 aliphatic heterocycles. The summed E-state index contributed by atoms with van der Waals surface area (Å²) in [5.41, 5.74) is 23.1. The third kappa shape index (κ3) is 6.77. The van der Waals surface area contributed by atoms with E-state index in [0.717, 1.165) is 21.6 Å². The smallest absolute Gasteiger partial charge is 0.144 e. The second kappa shape index (κ2) is 16.7. The van der Waals surface area contributed by atoms with E-state index in [2.05, 4.69) is 163 Å². The van der Waals surface area contributed by atoms with Gasteiger partial charge in [0.15, 0.2) is 0 Å². The van der Waals surface area contributed by atoms with Crippen LogP contribution in [0.3, 0.4) is 0 Å². The molecule has 1 heterocycles. The number of hydrogen-bond acceptors (Lipinski definition) is 1. The Morgan fingerprint density at radius 1 is 0.424 bits per heavy atom. The molecule has 0 bridgehead atoms. The van der Waals surface area contributed by atoms with Crippen molar-refractivity contribution in [2.75, 3.05) is 0 Å². The van der Waals surface area contributed by atoms with Crippen molar-refractivity contribution in [3.8, 4) is 55.6 Å². The Hall–Kier alpha value is -5.37. The number of unbranched alkanes of at least 4 members (excludes halogenated alkanes) is 9. The van der Waals surface area contributed by atoms with E-state index >= 15 is 0 Å². The maximum atomic E-state index is 6.87. The summed E-state index contributed by atoms with van der Waals surface area (Å²) in [4.78, 5) is 0. The predicted octanol–water partition coefficient (Wildman–Crippen LogP) is 19.6. The van der Waals surface area contributed by atoms with Gasteiger partial charge >= 0.3 is 0 Å². The molecule has 2 heteroatoms. The van der Waals surface area contributed by atoms with Gasteiger partial charge < -0.3 is 4.42 Å². The first-order valence-corrected chi connectivity index (χ1v) is 25.8. The molecule has 66 heavy (non-hydrogen) atoms. The van der Waals surface area contributed by atoms with Crippen LogP contribution in [0.4, 0.5) is 0 Å². The Bertz CT molecular complexity index is 3170. The van der Waals surface area contributed by atoms with Crippen molar-refractivity contribution in [3.63, 3.8) is 0 Å². The lowest BCUT2D eigenvalue weighted by Gasteiger charge is -2.33. The fraction of sp³-hybridized carbons (Fsp3) is 0.344. The minimum atomic E-state index is -0.233. The highest BCUT2D eigenvalue weighted by Gasteiger charge is 2.43. The summed E-state index contributed by atoms with van der Waals surface area (Å²) < 4.78 is 6.87. The summed E-state index contributed by atoms with van der Waals surface area (Å²) >= 11 is 6.66. The summed E-state index contributed by atoms with van der Waals surface area (Å²) in [6.45, 7) is 14.2. The highest BCUT2D eigenvalue weighted by molar-refractivity contribution is 6.31. The third-order valence-electron chi connectivity index (χ3n) is 16.5. The molecule has 0 spiro atoms. The molecule has 0 saturated carbocycles. The highest BCUT2D eigenvalue weighted by Crippen LogP contribution is 2.58. The standard InChI is InChI=1S/C64H65ClO/c1-7-9-11-13-15-21-35-64(34-20-14-12-10-8-2)52-24-18-16-22-45(52)48-31-27-42(37-56(48)64)41-26-30-46-47-32-28-43(38-54(47)62(3,4)53(46)36-41)51-40-57-60(49-33-29-44(65)39-55(49)63(57,5)6)61-59(51)50-23-17-19-25-58(50)66-61/h16-19,22-33,36-40H,7-15,20-21,34-35H2,1-6H3. The summed E-state index contributed by atoms with van der Waals surface area (Å²) in [5, 5.41) is 3.11. The zero-order chi connectivity index (χ0) is 45.4. The molecule has 8 aromatic rings. The van der Waals surface area contributed by atoms with Gasteiger partial charge in [0.2, 0.25) is 0 Å². The summed E-state index contributed by atoms with van der Waals surface area (Å²) in [6, 6.07) is 48.9. The second-order valence-corrected chi connectivity index (χ2v) is 21.6. The SMILES string of the molecule is CCCCCCCCC1(CCCCCCC)c2ccccc2-c2ccc(-c3ccc4c(c3)C(C)(C)c3cc(-c5cc6c(c7oc8ccccc8c57)-c5ccc(Cl)cc5C6(C)C)ccc3-4)cc21. The van der Waals surface area contributed by atoms with Crippen LogP contribution in [0.5, 0.6) is 0 Å². The molecule has 0 N–H and O–H groups in total. The van der Waals surface area contributed by atoms with Crippen LogP contribution >= 0.6 is 11.6 Å². The van der Waals surface area contributed by atoms with Crippen LogP contribution in [0.2, 0.25) is 5.02 Å². The molecule has 0 radical (unpaired) electrons. The van der Waals surface area contributed by atoms with Gasteiger partial charge in [0, 0.05) is 37.6 Å². The van der Waals surface area contributed by atoms with Crippen LogP contribution in [-0.2, 0) is 16.2 Å². The topological polar surface area (TPSA) is 13.1 Å². The largest absolute Gasteiger partial charge is 0.455 e. The third-order valence-corrected chi connectivity index (χ3v) is 16.7. The molecule has 0 saturated heterocycles. The number of furan rings is 1. The fourth-order valence-corrected chi connectivity index (χ4v) is 13.1. The van der Waals surface area contributed by atoms with Gasteiger partial charge in [0.1, 0.15) is 11.2 Å². The van der Waals surface area contributed by atoms with Gasteiger partial charge in [0.25, 0.3) is 0 Å². The van der Waals surface area contributed by atoms with Crippen molar-refractivity contribution in [1.29, 1.82) is 0 Å². The molecule has 0 fully saturated rings. The molecule has 3 aliphatic rings. The van der Waals surface area contributed by atoms with Crippen LogP contribution in [0.15, 0.2) is 132 Å². The zero-order valence-electron chi connectivity index (χ0n) is 40.1. The molecule has 334 valence electrons. The summed E-state index contributed by atoms with van der Waals surface area (Å²) in [6.07, 6.45) is 17.0. The van der Waals surface area contributed by atoms with Crippen molar-refractivity contribution < 1.29 is 4.42 Å². The first kappa shape index (κ1) is 43.2. The number of fused-ring (bicyclic) bond motifs is 13. The number of rotatable bonds is 15. The van der Waals surface area contributed by atoms with Crippen LogP contribution in [-0.4, -0.2) is 0 Å². The zero-order valence-corrected chi connectivity index (χ0v) is 40.9. The lowest BCUT2D eigenvalue weighted by Crippen LogP contribution is -2.25. The molecule has 1 aromatic heterocycles. The molecular formula is C64H65ClO. The number of halogens is 1. The average molecular weight is 886 g/mol. The maximum Gasteiger partial charge on any atom is 0.144 e. The van der Waals surface area contributed by atoms with E-state index in [1.54, 1.807) is 11.1 Å². The van der Waals surface area contributed by atoms with Gasteiger partial charge in [-0.2, -0.15) is 0 Å². The van der Waals surface area contributed by atoms with E-state index in [1.165, 1.54) is 167 Å². The van der Waals surface area contributed by atoms with E-state index in [4.69, 9.17) is 16.0 Å². The average Bonchev–Trinajstić information content (AvgIpc) is 3.99. The van der Waals surface area contributed by atoms with E-state index in [-0.39, 0.29) is 16.2 Å². The minimum absolute atomic E-state index is 0.0654. The van der Waals surface area contributed by atoms with Gasteiger partial charge in [-0.05, 0) is 139 Å². The summed E-state index contributed by atoms with van der Waals surface area (Å²) in [7, 11) is 0. The lowest BCUT2D eigenvalue weighted by molar-refractivity contribution is 0.398. The Morgan fingerprint density at radius 2 is 0.939 bits per heavy atom. The van der Waals surface area contributed by atoms with Gasteiger partial charge in [-0.3, -0.25) is 0 Å². The van der Waals surface area contributed by atoms with Crippen molar-refractivity contribution >= 4 is 33.5 Å². The van der Waals surface area contributed by atoms with E-state index < -0.39 is 0 Å². The molecule has 3 aliphatic carbocycles. The molecule has 0 amide bonds. The van der Waals surface area contributed by atoms with E-state index in [0.29, 0.717) is 0 Å².